The van der Waals surface area contributed by atoms with Gasteiger partial charge in [-0.25, -0.2) is 0 Å². The van der Waals surface area contributed by atoms with Crippen molar-refractivity contribution in [3.8, 4) is 5.75 Å². The Labute approximate surface area is 188 Å². The maximum Gasteiger partial charge on any atom is 0.258 e. The van der Waals surface area contributed by atoms with Crippen molar-refractivity contribution in [1.29, 1.82) is 0 Å². The molecule has 1 amide bonds. The predicted molar refractivity (Wildman–Crippen MR) is 127 cm³/mol. The first-order chi connectivity index (χ1) is 15.8. The largest absolute Gasteiger partial charge is 0.484 e. The third kappa shape index (κ3) is 4.65. The molecule has 1 aliphatic rings. The number of hydrogen-bond acceptors (Lipinski definition) is 3. The first-order valence-corrected chi connectivity index (χ1v) is 11.2. The van der Waals surface area contributed by atoms with E-state index < -0.39 is 0 Å². The minimum Gasteiger partial charge on any atom is -0.484 e. The summed E-state index contributed by atoms with van der Waals surface area (Å²) in [6, 6.07) is 27.9. The van der Waals surface area contributed by atoms with E-state index in [0.29, 0.717) is 11.7 Å². The number of nitrogens with one attached hydrogen (secondary N) is 1. The Balaban J connectivity index is 1.40. The molecule has 1 aliphatic carbocycles. The molecule has 1 fully saturated rings. The van der Waals surface area contributed by atoms with Gasteiger partial charge in [0.2, 0.25) is 0 Å². The maximum absolute atomic E-state index is 12.8. The van der Waals surface area contributed by atoms with Crippen molar-refractivity contribution in [2.75, 3.05) is 6.61 Å². The molecule has 0 saturated heterocycles. The molecule has 1 unspecified atom stereocenters. The van der Waals surface area contributed by atoms with Crippen molar-refractivity contribution >= 4 is 16.8 Å². The normalized spacial score (nSPS) is 14.1. The van der Waals surface area contributed by atoms with Gasteiger partial charge in [0, 0.05) is 11.6 Å². The summed E-state index contributed by atoms with van der Waals surface area (Å²) in [5.74, 6) is 1.13. The van der Waals surface area contributed by atoms with Gasteiger partial charge in [-0.05, 0) is 60.1 Å². The summed E-state index contributed by atoms with van der Waals surface area (Å²) in [6.07, 6.45) is 5.00. The van der Waals surface area contributed by atoms with Gasteiger partial charge in [-0.1, -0.05) is 66.7 Å². The van der Waals surface area contributed by atoms with E-state index in [0.717, 1.165) is 17.5 Å². The molecule has 32 heavy (non-hydrogen) atoms. The highest BCUT2D eigenvalue weighted by Gasteiger charge is 2.29. The van der Waals surface area contributed by atoms with Crippen LogP contribution in [0, 0.1) is 0 Å². The average Bonchev–Trinajstić information content (AvgIpc) is 3.68. The van der Waals surface area contributed by atoms with Gasteiger partial charge in [0.1, 0.15) is 5.75 Å². The molecule has 1 saturated carbocycles. The number of amides is 1. The third-order valence-corrected chi connectivity index (χ3v) is 5.96. The van der Waals surface area contributed by atoms with E-state index in [4.69, 9.17) is 9.72 Å². The Morgan fingerprint density at radius 3 is 2.44 bits per heavy atom. The highest BCUT2D eigenvalue weighted by Crippen LogP contribution is 2.45. The fourth-order valence-electron chi connectivity index (χ4n) is 4.27. The smallest absolute Gasteiger partial charge is 0.258 e. The molecule has 4 aromatic rings. The van der Waals surface area contributed by atoms with Crippen LogP contribution in [-0.2, 0) is 11.2 Å². The van der Waals surface area contributed by atoms with Crippen LogP contribution in [0.4, 0.5) is 0 Å². The molecule has 5 rings (SSSR count). The number of rotatable bonds is 8. The molecular weight excluding hydrogens is 396 g/mol. The zero-order valence-electron chi connectivity index (χ0n) is 17.9. The molecule has 4 nitrogen and oxygen atoms in total. The molecular formula is C28H26N2O2. The second kappa shape index (κ2) is 9.23. The Bertz CT molecular complexity index is 1200. The number of fused-ring (bicyclic) bond motifs is 1. The molecule has 0 aliphatic heterocycles. The van der Waals surface area contributed by atoms with E-state index in [1.54, 1.807) is 0 Å². The van der Waals surface area contributed by atoms with Gasteiger partial charge in [-0.3, -0.25) is 9.78 Å². The lowest BCUT2D eigenvalue weighted by Gasteiger charge is -2.22. The number of pyridine rings is 1. The number of carbonyl (C=O) groups excluding carboxylic acids is 1. The van der Waals surface area contributed by atoms with Crippen molar-refractivity contribution in [1.82, 2.24) is 10.3 Å². The van der Waals surface area contributed by atoms with Crippen LogP contribution in [0.5, 0.6) is 5.75 Å². The number of nitrogens with zero attached hydrogens (tertiary/aromatic N) is 1. The third-order valence-electron chi connectivity index (χ3n) is 5.96. The molecule has 1 heterocycles. The van der Waals surface area contributed by atoms with E-state index in [-0.39, 0.29) is 18.6 Å². The van der Waals surface area contributed by atoms with Crippen LogP contribution < -0.4 is 10.1 Å². The number of carbonyl (C=O) groups is 1. The number of benzene rings is 3. The van der Waals surface area contributed by atoms with Crippen molar-refractivity contribution in [3.63, 3.8) is 0 Å². The van der Waals surface area contributed by atoms with Crippen LogP contribution >= 0.6 is 0 Å². The van der Waals surface area contributed by atoms with E-state index in [1.807, 2.05) is 60.8 Å². The van der Waals surface area contributed by atoms with Gasteiger partial charge < -0.3 is 10.1 Å². The highest BCUT2D eigenvalue weighted by molar-refractivity contribution is 5.84. The second-order valence-corrected chi connectivity index (χ2v) is 8.32. The van der Waals surface area contributed by atoms with Crippen molar-refractivity contribution in [2.24, 2.45) is 0 Å². The van der Waals surface area contributed by atoms with Crippen LogP contribution in [0.25, 0.3) is 10.9 Å². The summed E-state index contributed by atoms with van der Waals surface area (Å²) in [7, 11) is 0. The van der Waals surface area contributed by atoms with E-state index in [1.165, 1.54) is 29.4 Å². The first kappa shape index (κ1) is 20.3. The van der Waals surface area contributed by atoms with Crippen LogP contribution in [0.2, 0.25) is 0 Å². The maximum atomic E-state index is 12.8. The lowest BCUT2D eigenvalue weighted by molar-refractivity contribution is -0.123. The number of ether oxygens (including phenoxy) is 1. The van der Waals surface area contributed by atoms with Crippen LogP contribution in [0.3, 0.4) is 0 Å². The molecule has 1 aromatic heterocycles. The molecule has 1 N–H and O–H groups in total. The molecule has 1 atom stereocenters. The standard InChI is InChI=1S/C28H26N2O2/c31-26(19-32-24-11-5-2-6-12-24)30-25(20-8-3-1-4-9-20)18-23-16-15-22-10-7-17-29-28(22)27(23)21-13-14-21/h1-12,15-17,21,25H,13-14,18-19H2,(H,30,31). The molecule has 160 valence electrons. The summed E-state index contributed by atoms with van der Waals surface area (Å²) in [4.78, 5) is 17.5. The van der Waals surface area contributed by atoms with E-state index in [9.17, 15) is 4.79 Å². The fourth-order valence-corrected chi connectivity index (χ4v) is 4.27. The number of hydrogen-bond donors (Lipinski definition) is 1. The lowest BCUT2D eigenvalue weighted by Crippen LogP contribution is -2.34. The Hall–Kier alpha value is -3.66. The second-order valence-electron chi connectivity index (χ2n) is 8.32. The summed E-state index contributed by atoms with van der Waals surface area (Å²) >= 11 is 0. The molecule has 0 radical (unpaired) electrons. The fraction of sp³-hybridized carbons (Fsp3) is 0.214. The number of aromatic nitrogens is 1. The molecule has 0 bridgehead atoms. The quantitative estimate of drug-likeness (QED) is 0.403. The average molecular weight is 423 g/mol. The lowest BCUT2D eigenvalue weighted by atomic mass is 9.91. The van der Waals surface area contributed by atoms with Crippen molar-refractivity contribution < 1.29 is 9.53 Å². The van der Waals surface area contributed by atoms with Gasteiger partial charge >= 0.3 is 0 Å². The predicted octanol–water partition coefficient (Wildman–Crippen LogP) is 5.59. The minimum absolute atomic E-state index is 0.0118. The van der Waals surface area contributed by atoms with Crippen LogP contribution in [0.15, 0.2) is 91.1 Å². The molecule has 0 spiro atoms. The van der Waals surface area contributed by atoms with Gasteiger partial charge in [-0.2, -0.15) is 0 Å². The van der Waals surface area contributed by atoms with Crippen LogP contribution in [0.1, 0.15) is 41.5 Å². The van der Waals surface area contributed by atoms with Gasteiger partial charge in [0.05, 0.1) is 11.6 Å². The zero-order valence-corrected chi connectivity index (χ0v) is 17.9. The summed E-state index contributed by atoms with van der Waals surface area (Å²) < 4.78 is 5.66. The van der Waals surface area contributed by atoms with Gasteiger partial charge in [0.15, 0.2) is 6.61 Å². The monoisotopic (exact) mass is 422 g/mol. The van der Waals surface area contributed by atoms with Gasteiger partial charge in [-0.15, -0.1) is 0 Å². The Morgan fingerprint density at radius 1 is 0.938 bits per heavy atom. The van der Waals surface area contributed by atoms with Crippen molar-refractivity contribution in [2.45, 2.75) is 31.2 Å². The zero-order chi connectivity index (χ0) is 21.8. The topological polar surface area (TPSA) is 51.2 Å². The highest BCUT2D eigenvalue weighted by atomic mass is 16.5. The first-order valence-electron chi connectivity index (χ1n) is 11.2. The summed E-state index contributed by atoms with van der Waals surface area (Å²) in [5.41, 5.74) is 4.79. The molecule has 3 aromatic carbocycles. The SMILES string of the molecule is O=C(COc1ccccc1)NC(Cc1ccc2cccnc2c1C1CC1)c1ccccc1. The minimum atomic E-state index is -0.137. The van der Waals surface area contributed by atoms with E-state index >= 15 is 0 Å². The Kier molecular flexibility index (Phi) is 5.84. The van der Waals surface area contributed by atoms with Crippen LogP contribution in [-0.4, -0.2) is 17.5 Å². The summed E-state index contributed by atoms with van der Waals surface area (Å²) in [5, 5.41) is 4.38. The molecule has 4 heteroatoms. The summed E-state index contributed by atoms with van der Waals surface area (Å²) in [6.45, 7) is -0.0118. The Morgan fingerprint density at radius 2 is 1.69 bits per heavy atom. The number of para-hydroxylation sites is 1. The van der Waals surface area contributed by atoms with Crippen molar-refractivity contribution in [3.05, 3.63) is 108 Å². The van der Waals surface area contributed by atoms with Gasteiger partial charge in [0.25, 0.3) is 5.91 Å². The van der Waals surface area contributed by atoms with E-state index in [2.05, 4.69) is 35.6 Å².